The summed E-state index contributed by atoms with van der Waals surface area (Å²) < 4.78 is 0. The number of halogens is 1. The van der Waals surface area contributed by atoms with E-state index in [4.69, 9.17) is 0 Å². The van der Waals surface area contributed by atoms with Gasteiger partial charge in [-0.3, -0.25) is 4.99 Å². The lowest BCUT2D eigenvalue weighted by Gasteiger charge is -2.32. The van der Waals surface area contributed by atoms with Crippen molar-refractivity contribution in [3.05, 3.63) is 0 Å². The number of piperazine rings is 1. The van der Waals surface area contributed by atoms with Crippen LogP contribution in [0.2, 0.25) is 0 Å². The number of likely N-dealkylation sites (N-methyl/N-ethyl adjacent to an activating group) is 1. The first-order valence-corrected chi connectivity index (χ1v) is 9.69. The summed E-state index contributed by atoms with van der Waals surface area (Å²) in [5.74, 6) is 0.989. The number of rotatable bonds is 11. The Morgan fingerprint density at radius 1 is 0.917 bits per heavy atom. The molecule has 2 N–H and O–H groups in total. The number of nitrogens with one attached hydrogen (secondary N) is 2. The predicted octanol–water partition coefficient (Wildman–Crippen LogP) is 2.77. The average Bonchev–Trinajstić information content (AvgIpc) is 2.56. The lowest BCUT2D eigenvalue weighted by atomic mass is 10.2. The second kappa shape index (κ2) is 16.4. The predicted molar refractivity (Wildman–Crippen MR) is 117 cm³/mol. The largest absolute Gasteiger partial charge is 0.357 e. The van der Waals surface area contributed by atoms with Gasteiger partial charge in [0.2, 0.25) is 0 Å². The third kappa shape index (κ3) is 12.3. The molecule has 0 aromatic carbocycles. The molecule has 144 valence electrons. The summed E-state index contributed by atoms with van der Waals surface area (Å²) in [6.07, 6.45) is 7.60. The third-order valence-electron chi connectivity index (χ3n) is 4.42. The van der Waals surface area contributed by atoms with Crippen molar-refractivity contribution < 1.29 is 0 Å². The van der Waals surface area contributed by atoms with Crippen molar-refractivity contribution in [3.8, 4) is 0 Å². The van der Waals surface area contributed by atoms with Crippen molar-refractivity contribution in [1.29, 1.82) is 0 Å². The molecule has 1 heterocycles. The second-order valence-corrected chi connectivity index (χ2v) is 6.60. The van der Waals surface area contributed by atoms with Crippen molar-refractivity contribution in [2.75, 3.05) is 59.4 Å². The molecular weight excluding hydrogens is 413 g/mol. The molecule has 0 amide bonds. The summed E-state index contributed by atoms with van der Waals surface area (Å²) in [4.78, 5) is 9.66. The second-order valence-electron chi connectivity index (χ2n) is 6.60. The summed E-state index contributed by atoms with van der Waals surface area (Å²) in [5.41, 5.74) is 0. The Morgan fingerprint density at radius 2 is 1.67 bits per heavy atom. The van der Waals surface area contributed by atoms with Gasteiger partial charge in [-0.1, -0.05) is 26.2 Å². The molecule has 1 aliphatic rings. The number of nitrogens with zero attached hydrogens (tertiary/aromatic N) is 3. The van der Waals surface area contributed by atoms with Crippen molar-refractivity contribution in [2.24, 2.45) is 4.99 Å². The molecule has 0 saturated carbocycles. The molecule has 0 spiro atoms. The summed E-state index contributed by atoms with van der Waals surface area (Å²) in [6.45, 7) is 13.4. The van der Waals surface area contributed by atoms with Gasteiger partial charge in [0.15, 0.2) is 5.96 Å². The monoisotopic (exact) mass is 453 g/mol. The number of guanidine groups is 1. The summed E-state index contributed by atoms with van der Waals surface area (Å²) in [5, 5.41) is 6.81. The first-order chi connectivity index (χ1) is 11.3. The lowest BCUT2D eigenvalue weighted by Crippen LogP contribution is -2.44. The van der Waals surface area contributed by atoms with E-state index < -0.39 is 0 Å². The first-order valence-electron chi connectivity index (χ1n) is 9.69. The number of hydrogen-bond donors (Lipinski definition) is 2. The zero-order valence-electron chi connectivity index (χ0n) is 16.1. The van der Waals surface area contributed by atoms with Gasteiger partial charge in [0.25, 0.3) is 0 Å². The van der Waals surface area contributed by atoms with E-state index in [1.807, 2.05) is 0 Å². The van der Waals surface area contributed by atoms with E-state index in [2.05, 4.69) is 46.3 Å². The minimum absolute atomic E-state index is 0. The Kier molecular flexibility index (Phi) is 16.3. The zero-order valence-corrected chi connectivity index (χ0v) is 18.5. The molecule has 0 atom stereocenters. The summed E-state index contributed by atoms with van der Waals surface area (Å²) in [6, 6.07) is 0. The van der Waals surface area contributed by atoms with Crippen molar-refractivity contribution in [1.82, 2.24) is 20.4 Å². The molecule has 1 rings (SSSR count). The van der Waals surface area contributed by atoms with E-state index in [-0.39, 0.29) is 24.0 Å². The number of aliphatic imine (C=N–C) groups is 1. The van der Waals surface area contributed by atoms with Gasteiger partial charge < -0.3 is 20.4 Å². The maximum absolute atomic E-state index is 4.66. The fourth-order valence-corrected chi connectivity index (χ4v) is 2.81. The zero-order chi connectivity index (χ0) is 16.8. The van der Waals surface area contributed by atoms with Crippen LogP contribution in [0.25, 0.3) is 0 Å². The van der Waals surface area contributed by atoms with Crippen molar-refractivity contribution in [3.63, 3.8) is 0 Å². The quantitative estimate of drug-likeness (QED) is 0.219. The van der Waals surface area contributed by atoms with Crippen LogP contribution in [-0.2, 0) is 0 Å². The van der Waals surface area contributed by atoms with E-state index in [9.17, 15) is 0 Å². The van der Waals surface area contributed by atoms with E-state index in [1.165, 1.54) is 71.2 Å². The highest BCUT2D eigenvalue weighted by molar-refractivity contribution is 14.0. The van der Waals surface area contributed by atoms with Gasteiger partial charge in [-0.2, -0.15) is 0 Å². The Balaban J connectivity index is 0.00000529. The Labute approximate surface area is 167 Å². The SMILES string of the molecule is CCCCCCN=C(NCC)NCCCCN1CCN(C)CC1.I. The molecule has 0 radical (unpaired) electrons. The van der Waals surface area contributed by atoms with Crippen LogP contribution < -0.4 is 10.6 Å². The van der Waals surface area contributed by atoms with Gasteiger partial charge in [0, 0.05) is 45.8 Å². The van der Waals surface area contributed by atoms with Crippen molar-refractivity contribution in [2.45, 2.75) is 52.4 Å². The van der Waals surface area contributed by atoms with E-state index in [0.29, 0.717) is 0 Å². The molecule has 0 aromatic rings. The van der Waals surface area contributed by atoms with E-state index >= 15 is 0 Å². The van der Waals surface area contributed by atoms with Gasteiger partial charge in [0.1, 0.15) is 0 Å². The molecule has 5 nitrogen and oxygen atoms in total. The van der Waals surface area contributed by atoms with Crippen molar-refractivity contribution >= 4 is 29.9 Å². The molecule has 0 bridgehead atoms. The average molecular weight is 453 g/mol. The Hall–Kier alpha value is -0.0800. The van der Waals surface area contributed by atoms with Crippen LogP contribution >= 0.6 is 24.0 Å². The van der Waals surface area contributed by atoms with E-state index in [0.717, 1.165) is 25.6 Å². The normalized spacial score (nSPS) is 16.7. The van der Waals surface area contributed by atoms with Crippen LogP contribution in [0.3, 0.4) is 0 Å². The van der Waals surface area contributed by atoms with Crippen LogP contribution in [0.5, 0.6) is 0 Å². The van der Waals surface area contributed by atoms with Crippen LogP contribution in [0.1, 0.15) is 52.4 Å². The van der Waals surface area contributed by atoms with Gasteiger partial charge in [0.05, 0.1) is 0 Å². The summed E-state index contributed by atoms with van der Waals surface area (Å²) in [7, 11) is 2.21. The molecule has 6 heteroatoms. The molecule has 1 aliphatic heterocycles. The third-order valence-corrected chi connectivity index (χ3v) is 4.42. The highest BCUT2D eigenvalue weighted by Crippen LogP contribution is 2.01. The highest BCUT2D eigenvalue weighted by atomic mass is 127. The molecular formula is C18H40IN5. The highest BCUT2D eigenvalue weighted by Gasteiger charge is 2.12. The summed E-state index contributed by atoms with van der Waals surface area (Å²) >= 11 is 0. The maximum atomic E-state index is 4.66. The van der Waals surface area contributed by atoms with Gasteiger partial charge in [-0.25, -0.2) is 0 Å². The van der Waals surface area contributed by atoms with Crippen LogP contribution in [0.4, 0.5) is 0 Å². The number of hydrogen-bond acceptors (Lipinski definition) is 3. The van der Waals surface area contributed by atoms with Crippen LogP contribution in [-0.4, -0.2) is 75.2 Å². The molecule has 0 aliphatic carbocycles. The van der Waals surface area contributed by atoms with Crippen LogP contribution in [0.15, 0.2) is 4.99 Å². The topological polar surface area (TPSA) is 42.9 Å². The Bertz CT molecular complexity index is 304. The fraction of sp³-hybridized carbons (Fsp3) is 0.944. The van der Waals surface area contributed by atoms with Crippen LogP contribution in [0, 0.1) is 0 Å². The lowest BCUT2D eigenvalue weighted by molar-refractivity contribution is 0.152. The minimum Gasteiger partial charge on any atom is -0.357 e. The van der Waals surface area contributed by atoms with E-state index in [1.54, 1.807) is 0 Å². The smallest absolute Gasteiger partial charge is 0.191 e. The Morgan fingerprint density at radius 3 is 2.33 bits per heavy atom. The maximum Gasteiger partial charge on any atom is 0.191 e. The van der Waals surface area contributed by atoms with Gasteiger partial charge in [-0.15, -0.1) is 24.0 Å². The number of unbranched alkanes of at least 4 members (excludes halogenated alkanes) is 4. The molecule has 0 aromatic heterocycles. The minimum atomic E-state index is 0. The van der Waals surface area contributed by atoms with Gasteiger partial charge in [-0.05, 0) is 39.8 Å². The standard InChI is InChI=1S/C18H39N5.HI/c1-4-6-7-8-11-20-18(19-5-2)21-12-9-10-13-23-16-14-22(3)15-17-23;/h4-17H2,1-3H3,(H2,19,20,21);1H. The molecule has 1 saturated heterocycles. The molecule has 0 unspecified atom stereocenters. The molecule has 1 fully saturated rings. The molecule has 24 heavy (non-hydrogen) atoms. The van der Waals surface area contributed by atoms with Gasteiger partial charge >= 0.3 is 0 Å². The fourth-order valence-electron chi connectivity index (χ4n) is 2.81. The first kappa shape index (κ1) is 23.9.